The lowest BCUT2D eigenvalue weighted by Crippen LogP contribution is -2.10. The van der Waals surface area contributed by atoms with E-state index >= 15 is 0 Å². The van der Waals surface area contributed by atoms with Crippen molar-refractivity contribution in [1.82, 2.24) is 10.2 Å². The number of aromatic nitrogens is 2. The van der Waals surface area contributed by atoms with Crippen molar-refractivity contribution < 1.29 is 4.74 Å². The first-order valence-electron chi connectivity index (χ1n) is 5.78. The number of hydrogen-bond acceptors (Lipinski definition) is 5. The van der Waals surface area contributed by atoms with Crippen LogP contribution in [0.25, 0.3) is 11.3 Å². The molecule has 0 unspecified atom stereocenters. The molecule has 0 saturated carbocycles. The van der Waals surface area contributed by atoms with Crippen LogP contribution in [0.3, 0.4) is 0 Å². The summed E-state index contributed by atoms with van der Waals surface area (Å²) in [7, 11) is 3.29. The Morgan fingerprint density at radius 2 is 2.00 bits per heavy atom. The first kappa shape index (κ1) is 12.8. The first-order valence-corrected chi connectivity index (χ1v) is 5.78. The smallest absolute Gasteiger partial charge is 0.185 e. The van der Waals surface area contributed by atoms with E-state index in [2.05, 4.69) is 10.2 Å². The summed E-state index contributed by atoms with van der Waals surface area (Å²) >= 11 is 0. The van der Waals surface area contributed by atoms with Gasteiger partial charge in [0.1, 0.15) is 5.75 Å². The van der Waals surface area contributed by atoms with E-state index in [1.807, 2.05) is 37.4 Å². The number of hydrogen-bond donors (Lipinski definition) is 0. The highest BCUT2D eigenvalue weighted by molar-refractivity contribution is 5.62. The van der Waals surface area contributed by atoms with Crippen LogP contribution in [-0.4, -0.2) is 24.4 Å². The zero-order valence-electron chi connectivity index (χ0n) is 11.1. The van der Waals surface area contributed by atoms with Crippen LogP contribution >= 0.6 is 0 Å². The molecule has 5 nitrogen and oxygen atoms in total. The minimum absolute atomic E-state index is 0.525. The quantitative estimate of drug-likeness (QED) is 0.621. The van der Waals surface area contributed by atoms with Crippen LogP contribution < -0.4 is 9.64 Å². The van der Waals surface area contributed by atoms with E-state index in [-0.39, 0.29) is 0 Å². The lowest BCUT2D eigenvalue weighted by molar-refractivity contribution is 0.412. The molecule has 0 fully saturated rings. The van der Waals surface area contributed by atoms with Crippen LogP contribution in [0.4, 0.5) is 5.82 Å². The Morgan fingerprint density at radius 3 is 2.53 bits per heavy atom. The van der Waals surface area contributed by atoms with Crippen molar-refractivity contribution in [2.24, 2.45) is 0 Å². The summed E-state index contributed by atoms with van der Waals surface area (Å²) in [6.07, 6.45) is 1.98. The molecule has 0 bridgehead atoms. The normalized spacial score (nSPS) is 9.79. The van der Waals surface area contributed by atoms with E-state index in [4.69, 9.17) is 10.00 Å². The van der Waals surface area contributed by atoms with E-state index in [9.17, 15) is 0 Å². The molecule has 1 heterocycles. The average molecular weight is 254 g/mol. The van der Waals surface area contributed by atoms with Crippen LogP contribution in [0.15, 0.2) is 30.3 Å². The van der Waals surface area contributed by atoms with E-state index < -0.39 is 0 Å². The summed E-state index contributed by atoms with van der Waals surface area (Å²) in [5.74, 6) is 1.37. The minimum Gasteiger partial charge on any atom is -0.496 e. The Hall–Kier alpha value is -2.61. The second-order valence-electron chi connectivity index (χ2n) is 4.12. The third-order valence-electron chi connectivity index (χ3n) is 2.83. The van der Waals surface area contributed by atoms with Gasteiger partial charge < -0.3 is 4.74 Å². The highest BCUT2D eigenvalue weighted by atomic mass is 16.5. The average Bonchev–Trinajstić information content (AvgIpc) is 2.46. The number of ether oxygens (including phenoxy) is 1. The number of anilines is 1. The van der Waals surface area contributed by atoms with Gasteiger partial charge in [-0.25, -0.2) is 0 Å². The lowest BCUT2D eigenvalue weighted by Gasteiger charge is -2.09. The van der Waals surface area contributed by atoms with Gasteiger partial charge in [-0.1, -0.05) is 0 Å². The van der Waals surface area contributed by atoms with Crippen LogP contribution in [0, 0.1) is 18.4 Å². The van der Waals surface area contributed by atoms with Gasteiger partial charge in [0.2, 0.25) is 0 Å². The highest BCUT2D eigenvalue weighted by Gasteiger charge is 2.06. The molecule has 0 aliphatic heterocycles. The van der Waals surface area contributed by atoms with Gasteiger partial charge in [0.15, 0.2) is 12.0 Å². The molecule has 2 aromatic rings. The minimum atomic E-state index is 0.525. The molecule has 2 rings (SSSR count). The fourth-order valence-corrected chi connectivity index (χ4v) is 1.75. The Bertz CT molecular complexity index is 616. The van der Waals surface area contributed by atoms with Crippen LogP contribution in [0.1, 0.15) is 5.56 Å². The monoisotopic (exact) mass is 254 g/mol. The predicted molar refractivity (Wildman–Crippen MR) is 72.8 cm³/mol. The molecule has 96 valence electrons. The molecular weight excluding hydrogens is 240 g/mol. The lowest BCUT2D eigenvalue weighted by atomic mass is 10.1. The fourth-order valence-electron chi connectivity index (χ4n) is 1.75. The molecule has 0 radical (unpaired) electrons. The standard InChI is InChI=1S/C14H14N4O/c1-10-8-11(4-6-13(10)19-3)12-5-7-14(17-16-12)18(2)9-15/h4-8H,1-3H3. The highest BCUT2D eigenvalue weighted by Crippen LogP contribution is 2.24. The number of nitrogens with zero attached hydrogens (tertiary/aromatic N) is 4. The summed E-state index contributed by atoms with van der Waals surface area (Å²) in [5.41, 5.74) is 2.78. The molecule has 0 aliphatic carbocycles. The molecule has 19 heavy (non-hydrogen) atoms. The Balaban J connectivity index is 2.33. The van der Waals surface area contributed by atoms with E-state index in [0.717, 1.165) is 22.6 Å². The van der Waals surface area contributed by atoms with Gasteiger partial charge in [-0.2, -0.15) is 5.26 Å². The molecule has 1 aromatic carbocycles. The van der Waals surface area contributed by atoms with Gasteiger partial charge in [0.25, 0.3) is 0 Å². The molecule has 0 amide bonds. The molecule has 0 saturated heterocycles. The number of aryl methyl sites for hydroxylation is 1. The molecule has 5 heteroatoms. The van der Waals surface area contributed by atoms with Crippen LogP contribution in [-0.2, 0) is 0 Å². The molecule has 0 spiro atoms. The second-order valence-corrected chi connectivity index (χ2v) is 4.12. The maximum atomic E-state index is 8.76. The topological polar surface area (TPSA) is 62.0 Å². The van der Waals surface area contributed by atoms with Crippen molar-refractivity contribution >= 4 is 5.82 Å². The Labute approximate surface area is 112 Å². The number of rotatable bonds is 3. The molecule has 0 aliphatic rings. The first-order chi connectivity index (χ1) is 9.15. The van der Waals surface area contributed by atoms with Gasteiger partial charge in [-0.15, -0.1) is 10.2 Å². The molecule has 1 aromatic heterocycles. The third-order valence-corrected chi connectivity index (χ3v) is 2.83. The van der Waals surface area contributed by atoms with Gasteiger partial charge in [-0.3, -0.25) is 4.90 Å². The van der Waals surface area contributed by atoms with E-state index in [1.165, 1.54) is 4.90 Å². The SMILES string of the molecule is COc1ccc(-c2ccc(N(C)C#N)nn2)cc1C. The molecule has 0 N–H and O–H groups in total. The number of benzene rings is 1. The zero-order valence-corrected chi connectivity index (χ0v) is 11.1. The Kier molecular flexibility index (Phi) is 3.62. The van der Waals surface area contributed by atoms with Gasteiger partial charge >= 0.3 is 0 Å². The van der Waals surface area contributed by atoms with Crippen molar-refractivity contribution in [1.29, 1.82) is 5.26 Å². The van der Waals surface area contributed by atoms with Gasteiger partial charge in [0, 0.05) is 12.6 Å². The van der Waals surface area contributed by atoms with E-state index in [1.54, 1.807) is 20.2 Å². The second kappa shape index (κ2) is 5.36. The van der Waals surface area contributed by atoms with Crippen molar-refractivity contribution in [3.63, 3.8) is 0 Å². The summed E-state index contributed by atoms with van der Waals surface area (Å²) in [4.78, 5) is 1.36. The van der Waals surface area contributed by atoms with Gasteiger partial charge in [0.05, 0.1) is 12.8 Å². The van der Waals surface area contributed by atoms with Crippen molar-refractivity contribution in [3.05, 3.63) is 35.9 Å². The maximum Gasteiger partial charge on any atom is 0.185 e. The summed E-state index contributed by atoms with van der Waals surface area (Å²) in [5, 5.41) is 16.9. The van der Waals surface area contributed by atoms with Crippen molar-refractivity contribution in [3.8, 4) is 23.2 Å². The predicted octanol–water partition coefficient (Wildman–Crippen LogP) is 2.38. The molecular formula is C14H14N4O. The fraction of sp³-hybridized carbons (Fsp3) is 0.214. The summed E-state index contributed by atoms with van der Waals surface area (Å²) in [6.45, 7) is 1.98. The van der Waals surface area contributed by atoms with Crippen molar-refractivity contribution in [2.75, 3.05) is 19.1 Å². The largest absolute Gasteiger partial charge is 0.496 e. The third kappa shape index (κ3) is 2.63. The van der Waals surface area contributed by atoms with E-state index in [0.29, 0.717) is 5.82 Å². The van der Waals surface area contributed by atoms with Crippen LogP contribution in [0.5, 0.6) is 5.75 Å². The molecule has 0 atom stereocenters. The number of methoxy groups -OCH3 is 1. The van der Waals surface area contributed by atoms with Gasteiger partial charge in [-0.05, 0) is 42.8 Å². The summed E-state index contributed by atoms with van der Waals surface area (Å²) < 4.78 is 5.22. The summed E-state index contributed by atoms with van der Waals surface area (Å²) in [6, 6.07) is 9.45. The zero-order chi connectivity index (χ0) is 13.8. The van der Waals surface area contributed by atoms with Crippen molar-refractivity contribution in [2.45, 2.75) is 6.92 Å². The van der Waals surface area contributed by atoms with Crippen LogP contribution in [0.2, 0.25) is 0 Å². The Morgan fingerprint density at radius 1 is 1.21 bits per heavy atom. The maximum absolute atomic E-state index is 8.76. The number of nitriles is 1.